The van der Waals surface area contributed by atoms with Crippen molar-refractivity contribution in [1.82, 2.24) is 74.6 Å². The van der Waals surface area contributed by atoms with Crippen molar-refractivity contribution in [1.29, 1.82) is 0 Å². The third-order valence-corrected chi connectivity index (χ3v) is 19.2. The molecule has 0 radical (unpaired) electrons. The lowest BCUT2D eigenvalue weighted by molar-refractivity contribution is -0.121. The zero-order valence-corrected chi connectivity index (χ0v) is 68.1. The summed E-state index contributed by atoms with van der Waals surface area (Å²) >= 11 is 0. The maximum atomic E-state index is 13.9. The first kappa shape index (κ1) is 93.2. The van der Waals surface area contributed by atoms with Crippen LogP contribution >= 0.6 is 0 Å². The van der Waals surface area contributed by atoms with Gasteiger partial charge in [-0.15, -0.1) is 15.3 Å². The summed E-state index contributed by atoms with van der Waals surface area (Å²) in [4.78, 5) is 123. The molecule has 0 saturated heterocycles. The second-order valence-corrected chi connectivity index (χ2v) is 27.8. The van der Waals surface area contributed by atoms with Crippen molar-refractivity contribution >= 4 is 69.9 Å². The Morgan fingerprint density at radius 2 is 0.664 bits per heavy atom. The van der Waals surface area contributed by atoms with Gasteiger partial charge in [0, 0.05) is 84.9 Å². The van der Waals surface area contributed by atoms with E-state index in [1.54, 1.807) is 39.4 Å². The van der Waals surface area contributed by atoms with Gasteiger partial charge in [0.15, 0.2) is 34.9 Å². The number of benzene rings is 3. The Balaban J connectivity index is 0.755. The van der Waals surface area contributed by atoms with Crippen molar-refractivity contribution in [2.75, 3.05) is 128 Å². The number of hydrogen-bond donors (Lipinski definition) is 6. The molecule has 0 spiro atoms. The Kier molecular flexibility index (Phi) is 34.0. The lowest BCUT2D eigenvalue weighted by Crippen LogP contribution is -2.43. The Hall–Kier alpha value is -12.7. The molecule has 6 amide bonds. The Morgan fingerprint density at radius 3 is 0.934 bits per heavy atom. The summed E-state index contributed by atoms with van der Waals surface area (Å²) in [5.74, 6) is -14.7. The molecule has 0 aliphatic carbocycles. The number of nitrogens with one attached hydrogen (secondary N) is 6. The van der Waals surface area contributed by atoms with E-state index < -0.39 is 93.1 Å². The minimum atomic E-state index is -1.17. The first-order valence-electron chi connectivity index (χ1n) is 37.9. The topological polar surface area (TPSA) is 455 Å². The third kappa shape index (κ3) is 25.0. The van der Waals surface area contributed by atoms with Gasteiger partial charge in [-0.25, -0.2) is 40.4 Å². The van der Waals surface area contributed by atoms with Crippen LogP contribution in [-0.4, -0.2) is 224 Å². The second kappa shape index (κ2) is 44.6. The highest BCUT2D eigenvalue weighted by Gasteiger charge is 2.35. The molecule has 0 bridgehead atoms. The van der Waals surface area contributed by atoms with Crippen LogP contribution in [0.4, 0.5) is 43.4 Å². The van der Waals surface area contributed by atoms with Crippen LogP contribution in [0.2, 0.25) is 0 Å². The van der Waals surface area contributed by atoms with Gasteiger partial charge in [-0.1, -0.05) is 20.8 Å². The first-order valence-corrected chi connectivity index (χ1v) is 37.9. The number of amides is 6. The molecule has 652 valence electrons. The van der Waals surface area contributed by atoms with Crippen LogP contribution in [-0.2, 0) is 113 Å². The number of hydrogen-bond acceptors (Lipinski definition) is 24. The number of carbonyl (C=O) groups excluding carboxylic acids is 9. The molecule has 122 heavy (non-hydrogen) atoms. The highest BCUT2D eigenvalue weighted by molar-refractivity contribution is 6.45. The fraction of sp³-hybridized carbons (Fsp3) is 0.423. The van der Waals surface area contributed by atoms with Crippen LogP contribution in [0.1, 0.15) is 113 Å². The van der Waals surface area contributed by atoms with Gasteiger partial charge in [-0.2, -0.15) is 0 Å². The van der Waals surface area contributed by atoms with Crippen LogP contribution < -0.4 is 31.9 Å². The molecule has 0 atom stereocenters. The number of ketones is 3. The van der Waals surface area contributed by atoms with Crippen molar-refractivity contribution in [3.8, 4) is 0 Å². The summed E-state index contributed by atoms with van der Waals surface area (Å²) in [6, 6.07) is 8.53. The maximum absolute atomic E-state index is 13.9. The number of ether oxygens (including phenoxy) is 8. The molecule has 9 rings (SSSR count). The van der Waals surface area contributed by atoms with Crippen LogP contribution in [0.5, 0.6) is 0 Å². The average Bonchev–Trinajstić information content (AvgIpc) is 1.64. The van der Waals surface area contributed by atoms with Gasteiger partial charge in [0.1, 0.15) is 34.2 Å². The average molecular weight is 1710 g/mol. The smallest absolute Gasteiger partial charge is 0.292 e. The molecule has 44 heteroatoms. The van der Waals surface area contributed by atoms with Gasteiger partial charge >= 0.3 is 0 Å². The number of azide groups is 1. The summed E-state index contributed by atoms with van der Waals surface area (Å²) < 4.78 is 139. The fourth-order valence-corrected chi connectivity index (χ4v) is 12.8. The number of Topliss-reactive ketones (excluding diaryl/α,β-unsaturated/α-hetero) is 3. The molecule has 6 heterocycles. The summed E-state index contributed by atoms with van der Waals surface area (Å²) in [6.07, 6.45) is 4.65. The highest BCUT2D eigenvalue weighted by atomic mass is 19.2. The zero-order chi connectivity index (χ0) is 88.3. The SMILES string of the molecule is Cc1c(C(=O)C(=O)NCc2cn(CCOCCOCC(COCCOCCN=[N+]=[N-])(COCCOCCn3cc(CNC(=O)C(=O)c4c(C)c(C(=O)Nc5ccc(F)c(F)c5)n(C)c4C)nn3)COCCOCCn3cc(CNC(=O)C(=O)c4c(C)c(C(=O)Nc5ccc(F)c(F)c5)n(C)c4C)nn3)nn2)c(C)n(C)c1C(=O)Nc1ccc(F)c(F)c1. The molecule has 0 aliphatic rings. The van der Waals surface area contributed by atoms with E-state index in [-0.39, 0.29) is 219 Å². The van der Waals surface area contributed by atoms with Gasteiger partial charge < -0.3 is 83.5 Å². The van der Waals surface area contributed by atoms with Crippen LogP contribution in [0.3, 0.4) is 0 Å². The third-order valence-electron chi connectivity index (χ3n) is 19.2. The van der Waals surface area contributed by atoms with E-state index in [0.717, 1.165) is 36.4 Å². The monoisotopic (exact) mass is 1710 g/mol. The Bertz CT molecular complexity index is 4840. The molecular formula is C78H91F6N21O17. The predicted molar refractivity (Wildman–Crippen MR) is 419 cm³/mol. The van der Waals surface area contributed by atoms with E-state index >= 15 is 0 Å². The molecule has 0 unspecified atom stereocenters. The van der Waals surface area contributed by atoms with Crippen LogP contribution in [0.25, 0.3) is 10.4 Å². The molecule has 6 N–H and O–H groups in total. The number of carbonyl (C=O) groups is 9. The Labute approximate surface area is 693 Å². The lowest BCUT2D eigenvalue weighted by atomic mass is 9.92. The zero-order valence-electron chi connectivity index (χ0n) is 68.1. The summed E-state index contributed by atoms with van der Waals surface area (Å²) in [7, 11) is 4.56. The van der Waals surface area contributed by atoms with Crippen molar-refractivity contribution in [2.24, 2.45) is 31.7 Å². The normalized spacial score (nSPS) is 11.4. The largest absolute Gasteiger partial charge is 0.379 e. The fourth-order valence-electron chi connectivity index (χ4n) is 12.8. The molecular weight excluding hydrogens is 1620 g/mol. The van der Waals surface area contributed by atoms with Crippen LogP contribution in [0, 0.1) is 81.9 Å². The molecule has 38 nitrogen and oxygen atoms in total. The highest BCUT2D eigenvalue weighted by Crippen LogP contribution is 2.29. The van der Waals surface area contributed by atoms with Gasteiger partial charge in [0.2, 0.25) is 0 Å². The van der Waals surface area contributed by atoms with E-state index in [0.29, 0.717) is 34.2 Å². The number of anilines is 3. The quantitative estimate of drug-likeness (QED) is 0.00467. The number of rotatable bonds is 50. The van der Waals surface area contributed by atoms with E-state index in [1.807, 2.05) is 0 Å². The summed E-state index contributed by atoms with van der Waals surface area (Å²) in [5.41, 5.74) is 10.1. The second-order valence-electron chi connectivity index (χ2n) is 27.8. The number of aromatic nitrogens is 12. The van der Waals surface area contributed by atoms with Crippen molar-refractivity contribution in [3.05, 3.63) is 203 Å². The van der Waals surface area contributed by atoms with E-state index in [9.17, 15) is 69.5 Å². The molecule has 3 aromatic carbocycles. The minimum Gasteiger partial charge on any atom is -0.379 e. The van der Waals surface area contributed by atoms with E-state index in [2.05, 4.69) is 72.9 Å². The standard InChI is InChI=1S/C78H91F6N21O17/c1-45-63(48(4)100(7)66(45)72(109)90-51-10-13-57(79)60(82)32-51)69(106)75(112)86-35-54-38-103(97-93-54)17-21-116-25-29-120-42-78(41-119-28-24-115-20-16-89-96-85,43-121-30-26-117-22-18-104-39-55(94-98-104)36-87-76(113)70(107)64-46(2)67(101(8)49(64)5)73(110)91-52-11-14-58(80)61(83)33-52)44-122-31-27-118-23-19-105-40-56(95-99-105)37-88-77(114)71(108)65-47(3)68(102(9)50(65)6)74(111)92-53-12-15-59(81)62(84)34-53/h10-15,32-34,38-40H,16-31,35-37,41-44H2,1-9H3,(H,86,112)(H,87,113)(H,88,114)(H,90,109)(H,91,110)(H,92,111). The predicted octanol–water partition coefficient (Wildman–Crippen LogP) is 6.25. The van der Waals surface area contributed by atoms with Gasteiger partial charge in [-0.3, -0.25) is 43.2 Å². The van der Waals surface area contributed by atoms with Crippen molar-refractivity contribution < 1.29 is 107 Å². The molecule has 0 aliphatic heterocycles. The van der Waals surface area contributed by atoms with Crippen LogP contribution in [0.15, 0.2) is 78.3 Å². The van der Waals surface area contributed by atoms with Crippen molar-refractivity contribution in [2.45, 2.75) is 80.8 Å². The Morgan fingerprint density at radius 1 is 0.393 bits per heavy atom. The minimum absolute atomic E-state index is 0.00730. The lowest BCUT2D eigenvalue weighted by Gasteiger charge is -2.33. The summed E-state index contributed by atoms with van der Waals surface area (Å²) in [6.45, 7) is 10.7. The number of nitrogens with zero attached hydrogens (tertiary/aromatic N) is 15. The molecule has 6 aromatic heterocycles. The maximum Gasteiger partial charge on any atom is 0.292 e. The van der Waals surface area contributed by atoms with E-state index in [1.165, 1.54) is 87.9 Å². The molecule has 0 fully saturated rings. The summed E-state index contributed by atoms with van der Waals surface area (Å²) in [5, 5.41) is 43.1. The van der Waals surface area contributed by atoms with Gasteiger partial charge in [0.25, 0.3) is 52.8 Å². The van der Waals surface area contributed by atoms with Gasteiger partial charge in [0.05, 0.1) is 186 Å². The first-order chi connectivity index (χ1) is 58.4. The molecule has 0 saturated carbocycles. The van der Waals surface area contributed by atoms with E-state index in [4.69, 9.17) is 43.4 Å². The molecule has 9 aromatic rings. The van der Waals surface area contributed by atoms with Crippen molar-refractivity contribution in [3.63, 3.8) is 0 Å². The van der Waals surface area contributed by atoms with Gasteiger partial charge in [-0.05, 0) is 100 Å². The number of halogens is 6.